The molecule has 1 aliphatic heterocycles. The number of nitrogens with one attached hydrogen (secondary N) is 2. The molecule has 1 aliphatic rings. The van der Waals surface area contributed by atoms with Gasteiger partial charge in [-0.25, -0.2) is 8.42 Å². The molecule has 0 saturated carbocycles. The summed E-state index contributed by atoms with van der Waals surface area (Å²) in [5.74, 6) is 1.24. The van der Waals surface area contributed by atoms with Crippen LogP contribution < -0.4 is 15.4 Å². The zero-order valence-electron chi connectivity index (χ0n) is 13.6. The molecule has 2 aromatic rings. The number of hydrogen-bond acceptors (Lipinski definition) is 5. The molecule has 0 radical (unpaired) electrons. The van der Waals surface area contributed by atoms with Gasteiger partial charge in [-0.05, 0) is 30.7 Å². The molecule has 0 bridgehead atoms. The van der Waals surface area contributed by atoms with E-state index in [0.29, 0.717) is 23.6 Å². The SMILES string of the molecule is O=C(CNc1ccccc1Oc1ccccc1)NC1CCS(=O)(=O)C1. The van der Waals surface area contributed by atoms with Crippen LogP contribution in [0.15, 0.2) is 54.6 Å². The Bertz CT molecular complexity index is 837. The Hall–Kier alpha value is -2.54. The molecule has 0 aliphatic carbocycles. The van der Waals surface area contributed by atoms with Gasteiger partial charge in [0.05, 0.1) is 23.7 Å². The third-order valence-electron chi connectivity index (χ3n) is 3.90. The number of carbonyl (C=O) groups is 1. The summed E-state index contributed by atoms with van der Waals surface area (Å²) in [5.41, 5.74) is 0.695. The van der Waals surface area contributed by atoms with Gasteiger partial charge in [-0.3, -0.25) is 4.79 Å². The Morgan fingerprint density at radius 1 is 1.08 bits per heavy atom. The molecule has 2 aromatic carbocycles. The molecule has 1 atom stereocenters. The number of rotatable bonds is 6. The lowest BCUT2D eigenvalue weighted by Crippen LogP contribution is -2.39. The summed E-state index contributed by atoms with van der Waals surface area (Å²) >= 11 is 0. The van der Waals surface area contributed by atoms with Crippen molar-refractivity contribution in [1.82, 2.24) is 5.32 Å². The lowest BCUT2D eigenvalue weighted by atomic mass is 10.2. The monoisotopic (exact) mass is 360 g/mol. The Labute approximate surface area is 147 Å². The van der Waals surface area contributed by atoms with Crippen LogP contribution in [0, 0.1) is 0 Å². The van der Waals surface area contributed by atoms with Crippen molar-refractivity contribution in [1.29, 1.82) is 0 Å². The number of anilines is 1. The predicted octanol–water partition coefficient (Wildman–Crippen LogP) is 2.19. The molecule has 132 valence electrons. The fourth-order valence-corrected chi connectivity index (χ4v) is 4.35. The lowest BCUT2D eigenvalue weighted by molar-refractivity contribution is -0.119. The predicted molar refractivity (Wildman–Crippen MR) is 96.6 cm³/mol. The number of ether oxygens (including phenoxy) is 1. The van der Waals surface area contributed by atoms with E-state index in [1.54, 1.807) is 0 Å². The van der Waals surface area contributed by atoms with Crippen LogP contribution in [0.5, 0.6) is 11.5 Å². The normalized spacial score (nSPS) is 18.5. The molecular weight excluding hydrogens is 340 g/mol. The van der Waals surface area contributed by atoms with Gasteiger partial charge in [-0.1, -0.05) is 30.3 Å². The van der Waals surface area contributed by atoms with Crippen LogP contribution in [0.1, 0.15) is 6.42 Å². The molecule has 1 saturated heterocycles. The van der Waals surface area contributed by atoms with E-state index >= 15 is 0 Å². The highest BCUT2D eigenvalue weighted by molar-refractivity contribution is 7.91. The van der Waals surface area contributed by atoms with Crippen LogP contribution in [-0.2, 0) is 14.6 Å². The Morgan fingerprint density at radius 2 is 1.80 bits per heavy atom. The minimum Gasteiger partial charge on any atom is -0.455 e. The fourth-order valence-electron chi connectivity index (χ4n) is 2.68. The largest absolute Gasteiger partial charge is 0.455 e. The maximum Gasteiger partial charge on any atom is 0.239 e. The molecule has 1 heterocycles. The van der Waals surface area contributed by atoms with E-state index in [0.717, 1.165) is 0 Å². The van der Waals surface area contributed by atoms with Crippen molar-refractivity contribution < 1.29 is 17.9 Å². The van der Waals surface area contributed by atoms with Gasteiger partial charge in [0.1, 0.15) is 5.75 Å². The summed E-state index contributed by atoms with van der Waals surface area (Å²) in [5, 5.41) is 5.79. The maximum absolute atomic E-state index is 12.0. The third kappa shape index (κ3) is 4.96. The fraction of sp³-hybridized carbons (Fsp3) is 0.278. The first-order chi connectivity index (χ1) is 12.0. The number of hydrogen-bond donors (Lipinski definition) is 2. The second-order valence-corrected chi connectivity index (χ2v) is 8.16. The number of carbonyl (C=O) groups excluding carboxylic acids is 1. The van der Waals surface area contributed by atoms with Gasteiger partial charge in [-0.15, -0.1) is 0 Å². The van der Waals surface area contributed by atoms with E-state index in [1.807, 2.05) is 54.6 Å². The van der Waals surface area contributed by atoms with Gasteiger partial charge in [0.2, 0.25) is 5.91 Å². The van der Waals surface area contributed by atoms with E-state index < -0.39 is 9.84 Å². The van der Waals surface area contributed by atoms with Crippen LogP contribution in [0.2, 0.25) is 0 Å². The van der Waals surface area contributed by atoms with Gasteiger partial charge >= 0.3 is 0 Å². The highest BCUT2D eigenvalue weighted by Crippen LogP contribution is 2.28. The van der Waals surface area contributed by atoms with Crippen molar-refractivity contribution in [2.24, 2.45) is 0 Å². The molecule has 0 aromatic heterocycles. The number of sulfone groups is 1. The molecule has 3 rings (SSSR count). The highest BCUT2D eigenvalue weighted by atomic mass is 32.2. The van der Waals surface area contributed by atoms with Crippen molar-refractivity contribution in [3.8, 4) is 11.5 Å². The first-order valence-corrected chi connectivity index (χ1v) is 9.89. The highest BCUT2D eigenvalue weighted by Gasteiger charge is 2.28. The molecule has 1 fully saturated rings. The number of amides is 1. The zero-order chi connectivity index (χ0) is 17.7. The molecule has 6 nitrogen and oxygen atoms in total. The van der Waals surface area contributed by atoms with Gasteiger partial charge in [0.15, 0.2) is 15.6 Å². The smallest absolute Gasteiger partial charge is 0.239 e. The second kappa shape index (κ2) is 7.57. The summed E-state index contributed by atoms with van der Waals surface area (Å²) in [4.78, 5) is 12.0. The van der Waals surface area contributed by atoms with Crippen LogP contribution in [0.3, 0.4) is 0 Å². The van der Waals surface area contributed by atoms with Crippen molar-refractivity contribution in [2.45, 2.75) is 12.5 Å². The summed E-state index contributed by atoms with van der Waals surface area (Å²) in [7, 11) is -3.00. The van der Waals surface area contributed by atoms with E-state index in [2.05, 4.69) is 10.6 Å². The summed E-state index contributed by atoms with van der Waals surface area (Å²) in [6.45, 7) is 0.0473. The molecular formula is C18H20N2O4S. The van der Waals surface area contributed by atoms with Gasteiger partial charge in [0, 0.05) is 6.04 Å². The van der Waals surface area contributed by atoms with Crippen molar-refractivity contribution in [3.05, 3.63) is 54.6 Å². The quantitative estimate of drug-likeness (QED) is 0.825. The van der Waals surface area contributed by atoms with Crippen LogP contribution in [0.4, 0.5) is 5.69 Å². The first-order valence-electron chi connectivity index (χ1n) is 8.07. The Balaban J connectivity index is 1.57. The van der Waals surface area contributed by atoms with E-state index in [-0.39, 0.29) is 30.0 Å². The van der Waals surface area contributed by atoms with Gasteiger partial charge in [-0.2, -0.15) is 0 Å². The van der Waals surface area contributed by atoms with Gasteiger partial charge < -0.3 is 15.4 Å². The van der Waals surface area contributed by atoms with E-state index in [1.165, 1.54) is 0 Å². The van der Waals surface area contributed by atoms with Crippen LogP contribution in [0.25, 0.3) is 0 Å². The maximum atomic E-state index is 12.0. The standard InChI is InChI=1S/C18H20N2O4S/c21-18(20-14-10-11-25(22,23)13-14)12-19-16-8-4-5-9-17(16)24-15-6-2-1-3-7-15/h1-9,14,19H,10-13H2,(H,20,21). The molecule has 0 spiro atoms. The zero-order valence-corrected chi connectivity index (χ0v) is 14.5. The Kier molecular flexibility index (Phi) is 5.23. The molecule has 1 unspecified atom stereocenters. The average molecular weight is 360 g/mol. The minimum absolute atomic E-state index is 0.0203. The molecule has 25 heavy (non-hydrogen) atoms. The minimum atomic E-state index is -3.00. The Morgan fingerprint density at radius 3 is 2.52 bits per heavy atom. The topological polar surface area (TPSA) is 84.5 Å². The summed E-state index contributed by atoms with van der Waals surface area (Å²) < 4.78 is 28.7. The lowest BCUT2D eigenvalue weighted by Gasteiger charge is -2.14. The van der Waals surface area contributed by atoms with Crippen molar-refractivity contribution >= 4 is 21.4 Å². The third-order valence-corrected chi connectivity index (χ3v) is 5.66. The first kappa shape index (κ1) is 17.3. The number of para-hydroxylation sites is 3. The summed E-state index contributed by atoms with van der Waals surface area (Å²) in [6.07, 6.45) is 0.474. The van der Waals surface area contributed by atoms with Crippen molar-refractivity contribution in [2.75, 3.05) is 23.4 Å². The molecule has 1 amide bonds. The average Bonchev–Trinajstić information content (AvgIpc) is 2.93. The summed E-state index contributed by atoms with van der Waals surface area (Å²) in [6, 6.07) is 16.4. The molecule has 7 heteroatoms. The number of benzene rings is 2. The van der Waals surface area contributed by atoms with Crippen LogP contribution >= 0.6 is 0 Å². The van der Waals surface area contributed by atoms with Crippen LogP contribution in [-0.4, -0.2) is 38.4 Å². The second-order valence-electron chi connectivity index (χ2n) is 5.93. The van der Waals surface area contributed by atoms with E-state index in [9.17, 15) is 13.2 Å². The van der Waals surface area contributed by atoms with Gasteiger partial charge in [0.25, 0.3) is 0 Å². The van der Waals surface area contributed by atoms with E-state index in [4.69, 9.17) is 4.74 Å². The van der Waals surface area contributed by atoms with Crippen molar-refractivity contribution in [3.63, 3.8) is 0 Å². The molecule has 2 N–H and O–H groups in total.